The second-order valence-corrected chi connectivity index (χ2v) is 7.74. The number of hydrogen-bond donors (Lipinski definition) is 0. The minimum absolute atomic E-state index is 0.147. The molecular weight excluding hydrogens is 376 g/mol. The minimum Gasteiger partial charge on any atom is -0.352 e. The van der Waals surface area contributed by atoms with E-state index < -0.39 is 0 Å². The first-order valence-electron chi connectivity index (χ1n) is 10.3. The Labute approximate surface area is 176 Å². The summed E-state index contributed by atoms with van der Waals surface area (Å²) < 4.78 is 1.45. The molecule has 2 heterocycles. The molecule has 0 N–H and O–H groups in total. The van der Waals surface area contributed by atoms with Crippen LogP contribution >= 0.6 is 0 Å². The van der Waals surface area contributed by atoms with Gasteiger partial charge in [0.2, 0.25) is 5.91 Å². The maximum atomic E-state index is 12.6. The van der Waals surface area contributed by atoms with Crippen LogP contribution in [0.25, 0.3) is 5.69 Å². The average Bonchev–Trinajstić information content (AvgIpc) is 2.77. The van der Waals surface area contributed by atoms with E-state index in [9.17, 15) is 9.59 Å². The summed E-state index contributed by atoms with van der Waals surface area (Å²) in [6.45, 7) is 6.76. The molecule has 2 aromatic carbocycles. The molecule has 1 fully saturated rings. The molecule has 1 aliphatic heterocycles. The molecular formula is C24H26N4O2. The van der Waals surface area contributed by atoms with Crippen LogP contribution < -0.4 is 10.5 Å². The fourth-order valence-corrected chi connectivity index (χ4v) is 3.68. The Morgan fingerprint density at radius 2 is 1.63 bits per heavy atom. The quantitative estimate of drug-likeness (QED) is 0.673. The summed E-state index contributed by atoms with van der Waals surface area (Å²) in [4.78, 5) is 29.0. The summed E-state index contributed by atoms with van der Waals surface area (Å²) in [5.41, 5.74) is 3.95. The van der Waals surface area contributed by atoms with Gasteiger partial charge >= 0.3 is 0 Å². The third kappa shape index (κ3) is 4.27. The number of rotatable bonds is 4. The summed E-state index contributed by atoms with van der Waals surface area (Å²) in [7, 11) is 0. The van der Waals surface area contributed by atoms with Gasteiger partial charge in [-0.3, -0.25) is 9.59 Å². The van der Waals surface area contributed by atoms with E-state index in [-0.39, 0.29) is 11.5 Å². The lowest BCUT2D eigenvalue weighted by Crippen LogP contribution is -2.49. The molecule has 0 atom stereocenters. The Kier molecular flexibility index (Phi) is 5.65. The molecule has 30 heavy (non-hydrogen) atoms. The highest BCUT2D eigenvalue weighted by molar-refractivity contribution is 5.79. The van der Waals surface area contributed by atoms with Gasteiger partial charge in [0.05, 0.1) is 12.1 Å². The van der Waals surface area contributed by atoms with Crippen molar-refractivity contribution in [3.63, 3.8) is 0 Å². The number of anilines is 1. The zero-order valence-electron chi connectivity index (χ0n) is 17.4. The van der Waals surface area contributed by atoms with Gasteiger partial charge < -0.3 is 9.80 Å². The van der Waals surface area contributed by atoms with Crippen LogP contribution in [0.2, 0.25) is 0 Å². The van der Waals surface area contributed by atoms with Gasteiger partial charge in [-0.2, -0.15) is 4.68 Å². The fraction of sp³-hybridized carbons (Fsp3) is 0.292. The summed E-state index contributed by atoms with van der Waals surface area (Å²) in [6.07, 6.45) is 0.427. The van der Waals surface area contributed by atoms with Crippen molar-refractivity contribution in [1.82, 2.24) is 14.7 Å². The second kappa shape index (κ2) is 8.53. The predicted octanol–water partition coefficient (Wildman–Crippen LogP) is 2.74. The Hall–Kier alpha value is -3.41. The van der Waals surface area contributed by atoms with Gasteiger partial charge in [-0.05, 0) is 48.7 Å². The Morgan fingerprint density at radius 1 is 0.900 bits per heavy atom. The normalized spacial score (nSPS) is 14.1. The number of aromatic nitrogens is 2. The Balaban J connectivity index is 1.45. The van der Waals surface area contributed by atoms with Crippen molar-refractivity contribution in [3.8, 4) is 5.69 Å². The van der Waals surface area contributed by atoms with E-state index in [4.69, 9.17) is 0 Å². The van der Waals surface area contributed by atoms with Gasteiger partial charge in [-0.15, -0.1) is 5.10 Å². The van der Waals surface area contributed by atoms with Crippen molar-refractivity contribution in [2.75, 3.05) is 31.1 Å². The molecule has 0 saturated carbocycles. The average molecular weight is 402 g/mol. The monoisotopic (exact) mass is 402 g/mol. The van der Waals surface area contributed by atoms with Gasteiger partial charge in [0.1, 0.15) is 5.82 Å². The third-order valence-corrected chi connectivity index (χ3v) is 5.68. The van der Waals surface area contributed by atoms with Gasteiger partial charge in [0, 0.05) is 32.2 Å². The molecule has 0 unspecified atom stereocenters. The highest BCUT2D eigenvalue weighted by atomic mass is 16.2. The molecule has 0 bridgehead atoms. The molecule has 1 saturated heterocycles. The smallest absolute Gasteiger partial charge is 0.271 e. The molecule has 154 valence electrons. The summed E-state index contributed by atoms with van der Waals surface area (Å²) in [6, 6.07) is 19.1. The molecule has 0 radical (unpaired) electrons. The first-order chi connectivity index (χ1) is 14.5. The van der Waals surface area contributed by atoms with E-state index in [1.165, 1.54) is 10.2 Å². The lowest BCUT2D eigenvalue weighted by molar-refractivity contribution is -0.130. The van der Waals surface area contributed by atoms with Crippen molar-refractivity contribution < 1.29 is 4.79 Å². The van der Waals surface area contributed by atoms with Crippen molar-refractivity contribution in [1.29, 1.82) is 0 Å². The molecule has 0 aliphatic carbocycles. The van der Waals surface area contributed by atoms with Crippen LogP contribution in [0.3, 0.4) is 0 Å². The van der Waals surface area contributed by atoms with Crippen molar-refractivity contribution >= 4 is 11.7 Å². The van der Waals surface area contributed by atoms with Crippen molar-refractivity contribution in [2.45, 2.75) is 20.3 Å². The van der Waals surface area contributed by atoms with E-state index >= 15 is 0 Å². The predicted molar refractivity (Wildman–Crippen MR) is 118 cm³/mol. The zero-order chi connectivity index (χ0) is 21.1. The first kappa shape index (κ1) is 19.9. The van der Waals surface area contributed by atoms with Crippen LogP contribution in [0.1, 0.15) is 16.7 Å². The van der Waals surface area contributed by atoms with E-state index in [0.717, 1.165) is 22.6 Å². The molecule has 1 aliphatic rings. The highest BCUT2D eigenvalue weighted by Gasteiger charge is 2.22. The summed E-state index contributed by atoms with van der Waals surface area (Å²) >= 11 is 0. The molecule has 3 aromatic rings. The maximum absolute atomic E-state index is 12.6. The number of aryl methyl sites for hydroxylation is 2. The van der Waals surface area contributed by atoms with Gasteiger partial charge in [0.15, 0.2) is 0 Å². The molecule has 6 heteroatoms. The minimum atomic E-state index is -0.154. The number of nitrogens with zero attached hydrogens (tertiary/aromatic N) is 4. The Morgan fingerprint density at radius 3 is 2.33 bits per heavy atom. The zero-order valence-corrected chi connectivity index (χ0v) is 17.4. The lowest BCUT2D eigenvalue weighted by Gasteiger charge is -2.35. The van der Waals surface area contributed by atoms with E-state index in [1.54, 1.807) is 12.1 Å². The van der Waals surface area contributed by atoms with Gasteiger partial charge in [-0.1, -0.05) is 36.4 Å². The van der Waals surface area contributed by atoms with Crippen LogP contribution in [-0.4, -0.2) is 46.8 Å². The molecule has 4 rings (SSSR count). The summed E-state index contributed by atoms with van der Waals surface area (Å²) in [5.74, 6) is 0.900. The van der Waals surface area contributed by atoms with Gasteiger partial charge in [0.25, 0.3) is 5.56 Å². The maximum Gasteiger partial charge on any atom is 0.271 e. The van der Waals surface area contributed by atoms with Crippen LogP contribution in [0.4, 0.5) is 5.82 Å². The Bertz CT molecular complexity index is 1100. The second-order valence-electron chi connectivity index (χ2n) is 7.74. The number of carbonyl (C=O) groups excluding carboxylic acids is 1. The molecule has 1 amide bonds. The lowest BCUT2D eigenvalue weighted by atomic mass is 10.1. The van der Waals surface area contributed by atoms with E-state index in [1.807, 2.05) is 67.3 Å². The number of benzene rings is 2. The highest BCUT2D eigenvalue weighted by Crippen LogP contribution is 2.16. The standard InChI is InChI=1S/C24H26N4O2/c1-18-8-9-21(16-19(18)2)28-23(29)11-10-22(25-28)26-12-14-27(15-13-26)24(30)17-20-6-4-3-5-7-20/h3-11,16H,12-15,17H2,1-2H3. The summed E-state index contributed by atoms with van der Waals surface area (Å²) in [5, 5.41) is 4.60. The number of hydrogen-bond acceptors (Lipinski definition) is 4. The molecule has 6 nitrogen and oxygen atoms in total. The molecule has 0 spiro atoms. The number of piperazine rings is 1. The first-order valence-corrected chi connectivity index (χ1v) is 10.3. The SMILES string of the molecule is Cc1ccc(-n2nc(N3CCN(C(=O)Cc4ccccc4)CC3)ccc2=O)cc1C. The van der Waals surface area contributed by atoms with Crippen LogP contribution in [0.15, 0.2) is 65.5 Å². The fourth-order valence-electron chi connectivity index (χ4n) is 3.68. The van der Waals surface area contributed by atoms with Crippen molar-refractivity contribution in [2.24, 2.45) is 0 Å². The van der Waals surface area contributed by atoms with Crippen LogP contribution in [-0.2, 0) is 11.2 Å². The number of amides is 1. The van der Waals surface area contributed by atoms with E-state index in [2.05, 4.69) is 10.00 Å². The van der Waals surface area contributed by atoms with Gasteiger partial charge in [-0.25, -0.2) is 0 Å². The number of carbonyl (C=O) groups is 1. The molecule has 1 aromatic heterocycles. The largest absolute Gasteiger partial charge is 0.352 e. The van der Waals surface area contributed by atoms with E-state index in [0.29, 0.717) is 32.6 Å². The van der Waals surface area contributed by atoms with Crippen LogP contribution in [0.5, 0.6) is 0 Å². The van der Waals surface area contributed by atoms with Crippen molar-refractivity contribution in [3.05, 3.63) is 87.7 Å². The topological polar surface area (TPSA) is 58.4 Å². The third-order valence-electron chi connectivity index (χ3n) is 5.68. The van der Waals surface area contributed by atoms with Crippen LogP contribution in [0, 0.1) is 13.8 Å².